The number of hydrogen-bond donors (Lipinski definition) is 1. The van der Waals surface area contributed by atoms with Gasteiger partial charge in [0.1, 0.15) is 11.5 Å². The molecular weight excluding hydrogens is 409 g/mol. The van der Waals surface area contributed by atoms with E-state index < -0.39 is 11.7 Å². The predicted molar refractivity (Wildman–Crippen MR) is 109 cm³/mol. The number of hydrogen-bond acceptors (Lipinski definition) is 4. The molecule has 3 aromatic rings. The van der Waals surface area contributed by atoms with Crippen molar-refractivity contribution in [3.05, 3.63) is 69.9 Å². The monoisotopic (exact) mass is 427 g/mol. The molecule has 2 aromatic heterocycles. The molecule has 2 N–H and O–H groups in total. The number of aromatic nitrogens is 3. The number of carbonyl (C=O) groups excluding carboxylic acids is 2. The molecule has 1 aliphatic rings. The molecule has 0 atom stereocenters. The van der Waals surface area contributed by atoms with Gasteiger partial charge in [-0.2, -0.15) is 5.10 Å². The molecule has 0 saturated carbocycles. The number of benzene rings is 1. The minimum atomic E-state index is -0.666. The number of carbonyl (C=O) groups is 2. The maximum absolute atomic E-state index is 13.5. The molecule has 1 aliphatic heterocycles. The standard InChI is InChI=1S/C21H19ClFN5O2/c1-12-2-4-14(25-10-12)9-18(29)27-6-7-28-17(11-27)19(21(24)30)20(26-28)13-3-5-16(23)15(22)8-13/h2-5,8,10H,6-7,9,11H2,1H3,(H2,24,30). The van der Waals surface area contributed by atoms with Crippen molar-refractivity contribution in [3.8, 4) is 11.3 Å². The summed E-state index contributed by atoms with van der Waals surface area (Å²) in [5.74, 6) is -1.33. The van der Waals surface area contributed by atoms with Gasteiger partial charge < -0.3 is 10.6 Å². The Morgan fingerprint density at radius 1 is 1.23 bits per heavy atom. The highest BCUT2D eigenvalue weighted by molar-refractivity contribution is 6.31. The van der Waals surface area contributed by atoms with Crippen LogP contribution >= 0.6 is 11.6 Å². The van der Waals surface area contributed by atoms with Crippen molar-refractivity contribution in [2.45, 2.75) is 26.4 Å². The molecule has 0 unspecified atom stereocenters. The van der Waals surface area contributed by atoms with Gasteiger partial charge in [-0.1, -0.05) is 17.7 Å². The van der Waals surface area contributed by atoms with Crippen LogP contribution in [0, 0.1) is 12.7 Å². The summed E-state index contributed by atoms with van der Waals surface area (Å²) >= 11 is 5.89. The van der Waals surface area contributed by atoms with Crippen molar-refractivity contribution in [2.75, 3.05) is 6.54 Å². The number of aryl methyl sites for hydroxylation is 1. The van der Waals surface area contributed by atoms with Gasteiger partial charge >= 0.3 is 0 Å². The van der Waals surface area contributed by atoms with E-state index in [1.54, 1.807) is 15.8 Å². The second-order valence-electron chi connectivity index (χ2n) is 7.21. The fourth-order valence-electron chi connectivity index (χ4n) is 3.50. The fourth-order valence-corrected chi connectivity index (χ4v) is 3.69. The maximum atomic E-state index is 13.5. The molecule has 0 saturated heterocycles. The van der Waals surface area contributed by atoms with E-state index in [1.807, 2.05) is 19.1 Å². The van der Waals surface area contributed by atoms with Gasteiger partial charge in [-0.3, -0.25) is 19.3 Å². The topological polar surface area (TPSA) is 94.1 Å². The number of halogens is 2. The molecular formula is C21H19ClFN5O2. The summed E-state index contributed by atoms with van der Waals surface area (Å²) < 4.78 is 15.2. The quantitative estimate of drug-likeness (QED) is 0.692. The Kier molecular flexibility index (Phi) is 5.26. The van der Waals surface area contributed by atoms with Crippen LogP contribution in [0.5, 0.6) is 0 Å². The number of primary amides is 1. The molecule has 3 heterocycles. The van der Waals surface area contributed by atoms with Crippen LogP contribution in [-0.2, 0) is 24.3 Å². The first-order valence-electron chi connectivity index (χ1n) is 9.37. The molecule has 4 rings (SSSR count). The van der Waals surface area contributed by atoms with Crippen LogP contribution in [0.4, 0.5) is 4.39 Å². The highest BCUT2D eigenvalue weighted by Gasteiger charge is 2.29. The zero-order valence-electron chi connectivity index (χ0n) is 16.2. The van der Waals surface area contributed by atoms with E-state index in [2.05, 4.69) is 10.1 Å². The number of fused-ring (bicyclic) bond motifs is 1. The average Bonchev–Trinajstić information content (AvgIpc) is 3.10. The third-order valence-corrected chi connectivity index (χ3v) is 5.37. The van der Waals surface area contributed by atoms with E-state index >= 15 is 0 Å². The fraction of sp³-hybridized carbons (Fsp3) is 0.238. The normalized spacial score (nSPS) is 13.2. The molecule has 154 valence electrons. The number of rotatable bonds is 4. The minimum absolute atomic E-state index is 0.0729. The van der Waals surface area contributed by atoms with Gasteiger partial charge in [-0.15, -0.1) is 0 Å². The Bertz CT molecular complexity index is 1140. The molecule has 0 aliphatic carbocycles. The van der Waals surface area contributed by atoms with Gasteiger partial charge in [0.15, 0.2) is 0 Å². The van der Waals surface area contributed by atoms with Gasteiger partial charge in [0.2, 0.25) is 5.91 Å². The smallest absolute Gasteiger partial charge is 0.252 e. The zero-order chi connectivity index (χ0) is 21.4. The zero-order valence-corrected chi connectivity index (χ0v) is 17.0. The molecule has 0 spiro atoms. The summed E-state index contributed by atoms with van der Waals surface area (Å²) in [6.07, 6.45) is 1.89. The number of nitrogens with two attached hydrogens (primary N) is 1. The lowest BCUT2D eigenvalue weighted by Gasteiger charge is -2.28. The van der Waals surface area contributed by atoms with Crippen LogP contribution < -0.4 is 5.73 Å². The second kappa shape index (κ2) is 7.87. The van der Waals surface area contributed by atoms with E-state index in [-0.39, 0.29) is 29.5 Å². The van der Waals surface area contributed by atoms with Gasteiger partial charge in [0.05, 0.1) is 35.8 Å². The Hall–Kier alpha value is -3.26. The summed E-state index contributed by atoms with van der Waals surface area (Å²) in [6.45, 7) is 2.99. The van der Waals surface area contributed by atoms with Gasteiger partial charge in [0, 0.05) is 24.0 Å². The van der Waals surface area contributed by atoms with Crippen molar-refractivity contribution in [1.82, 2.24) is 19.7 Å². The highest BCUT2D eigenvalue weighted by Crippen LogP contribution is 2.30. The van der Waals surface area contributed by atoms with E-state index in [9.17, 15) is 14.0 Å². The van der Waals surface area contributed by atoms with Crippen LogP contribution in [-0.4, -0.2) is 38.0 Å². The van der Waals surface area contributed by atoms with E-state index in [0.717, 1.165) is 5.56 Å². The van der Waals surface area contributed by atoms with E-state index in [4.69, 9.17) is 17.3 Å². The second-order valence-corrected chi connectivity index (χ2v) is 7.61. The summed E-state index contributed by atoms with van der Waals surface area (Å²) in [5, 5.41) is 4.41. The first-order chi connectivity index (χ1) is 14.3. The third kappa shape index (κ3) is 3.78. The van der Waals surface area contributed by atoms with Crippen LogP contribution in [0.15, 0.2) is 36.5 Å². The molecule has 1 aromatic carbocycles. The predicted octanol–water partition coefficient (Wildman–Crippen LogP) is 2.73. The lowest BCUT2D eigenvalue weighted by atomic mass is 10.0. The number of nitrogens with zero attached hydrogens (tertiary/aromatic N) is 4. The van der Waals surface area contributed by atoms with Gasteiger partial charge in [-0.25, -0.2) is 4.39 Å². The lowest BCUT2D eigenvalue weighted by Crippen LogP contribution is -2.40. The largest absolute Gasteiger partial charge is 0.365 e. The molecule has 0 radical (unpaired) electrons. The van der Waals surface area contributed by atoms with Crippen LogP contribution in [0.25, 0.3) is 11.3 Å². The Labute approximate surface area is 177 Å². The third-order valence-electron chi connectivity index (χ3n) is 5.08. The van der Waals surface area contributed by atoms with Gasteiger partial charge in [0.25, 0.3) is 5.91 Å². The molecule has 0 bridgehead atoms. The SMILES string of the molecule is Cc1ccc(CC(=O)N2CCn3nc(-c4ccc(F)c(Cl)c4)c(C(N)=O)c3C2)nc1. The highest BCUT2D eigenvalue weighted by atomic mass is 35.5. The van der Waals surface area contributed by atoms with Crippen molar-refractivity contribution < 1.29 is 14.0 Å². The van der Waals surface area contributed by atoms with Crippen molar-refractivity contribution in [1.29, 1.82) is 0 Å². The van der Waals surface area contributed by atoms with E-state index in [1.165, 1.54) is 18.2 Å². The van der Waals surface area contributed by atoms with Gasteiger partial charge in [-0.05, 0) is 36.8 Å². The molecule has 0 fully saturated rings. The Balaban J connectivity index is 1.63. The summed E-state index contributed by atoms with van der Waals surface area (Å²) in [7, 11) is 0. The maximum Gasteiger partial charge on any atom is 0.252 e. The van der Waals surface area contributed by atoms with Crippen LogP contribution in [0.3, 0.4) is 0 Å². The Morgan fingerprint density at radius 2 is 2.03 bits per heavy atom. The van der Waals surface area contributed by atoms with E-state index in [0.29, 0.717) is 35.7 Å². The number of pyridine rings is 1. The summed E-state index contributed by atoms with van der Waals surface area (Å²) in [4.78, 5) is 31.0. The van der Waals surface area contributed by atoms with Crippen molar-refractivity contribution in [2.24, 2.45) is 5.73 Å². The molecule has 2 amide bonds. The first-order valence-corrected chi connectivity index (χ1v) is 9.75. The molecule has 30 heavy (non-hydrogen) atoms. The van der Waals surface area contributed by atoms with Crippen LogP contribution in [0.1, 0.15) is 27.3 Å². The summed E-state index contributed by atoms with van der Waals surface area (Å²) in [6, 6.07) is 7.85. The Morgan fingerprint density at radius 3 is 2.70 bits per heavy atom. The first kappa shape index (κ1) is 20.0. The van der Waals surface area contributed by atoms with Crippen molar-refractivity contribution in [3.63, 3.8) is 0 Å². The average molecular weight is 428 g/mol. The molecule has 9 heteroatoms. The van der Waals surface area contributed by atoms with Crippen molar-refractivity contribution >= 4 is 23.4 Å². The molecule has 7 nitrogen and oxygen atoms in total. The minimum Gasteiger partial charge on any atom is -0.365 e. The lowest BCUT2D eigenvalue weighted by molar-refractivity contribution is -0.132. The summed E-state index contributed by atoms with van der Waals surface area (Å²) in [5.41, 5.74) is 8.91. The number of amides is 2. The van der Waals surface area contributed by atoms with Crippen LogP contribution in [0.2, 0.25) is 5.02 Å².